The van der Waals surface area contributed by atoms with Gasteiger partial charge in [0.25, 0.3) is 0 Å². The zero-order valence-corrected chi connectivity index (χ0v) is 35.3. The maximum Gasteiger partial charge on any atom is 0.232 e. The fraction of sp³-hybridized carbons (Fsp3) is 0.167. The molecule has 1 saturated heterocycles. The van der Waals surface area contributed by atoms with Crippen LogP contribution in [0.5, 0.6) is 5.88 Å². The first-order valence-corrected chi connectivity index (χ1v) is 19.4. The molecule has 1 spiro atoms. The van der Waals surface area contributed by atoms with Crippen LogP contribution in [0.1, 0.15) is 58.2 Å². The van der Waals surface area contributed by atoms with Gasteiger partial charge in [0.1, 0.15) is 17.7 Å². The summed E-state index contributed by atoms with van der Waals surface area (Å²) in [4.78, 5) is 24.9. The lowest BCUT2D eigenvalue weighted by Gasteiger charge is -2.42. The Labute approximate surface area is 401 Å². The molecule has 4 aromatic rings. The first kappa shape index (κ1) is 48.2. The van der Waals surface area contributed by atoms with Crippen molar-refractivity contribution in [3.63, 3.8) is 0 Å². The highest BCUT2D eigenvalue weighted by atomic mass is 16.5. The van der Waals surface area contributed by atoms with Crippen molar-refractivity contribution in [1.82, 2.24) is 15.0 Å². The first-order valence-electron chi connectivity index (χ1n) is 19.4. The lowest BCUT2D eigenvalue weighted by Crippen LogP contribution is -2.44. The SMILES string of the molecule is C#CC#CC#CC#CC#CC#CC#CC#CC#CC#CC#CC#CC#CC.N=N/N=N/N=O.N[C@@H]1c2ccccc2CC12CCN(c1cnc(OCc3cccc4cccnc34)cn1)CC2.[HH].[HH].[HH].[HH].[HH].[HH].[HH].[HH].[HH].[HH].[HH]. The van der Waals surface area contributed by atoms with Gasteiger partial charge in [0, 0.05) is 105 Å². The monoisotopic (exact) mass is 874 g/mol. The fourth-order valence-electron chi connectivity index (χ4n) is 6.26. The first-order chi connectivity index (χ1) is 32.5. The molecule has 332 valence electrons. The van der Waals surface area contributed by atoms with Gasteiger partial charge in [0.15, 0.2) is 0 Å². The number of rotatable bonds is 6. The van der Waals surface area contributed by atoms with Crippen molar-refractivity contribution < 1.29 is 20.4 Å². The van der Waals surface area contributed by atoms with E-state index < -0.39 is 0 Å². The van der Waals surface area contributed by atoms with Crippen LogP contribution in [0.25, 0.3) is 10.9 Å². The topological polar surface area (TPSA) is 168 Å². The molecule has 2 aromatic heterocycles. The van der Waals surface area contributed by atoms with Crippen molar-refractivity contribution in [3.05, 3.63) is 94.8 Å². The van der Waals surface area contributed by atoms with E-state index in [0.29, 0.717) is 12.5 Å². The number of benzene rings is 2. The number of nitroso groups, excluding NO2 is 1. The molecule has 0 radical (unpaired) electrons. The molecule has 1 aliphatic carbocycles. The molecule has 0 saturated carbocycles. The minimum absolute atomic E-state index is 0. The number of anilines is 1. The molecule has 6 rings (SSSR count). The summed E-state index contributed by atoms with van der Waals surface area (Å²) < 4.78 is 5.92. The summed E-state index contributed by atoms with van der Waals surface area (Å²) >= 11 is 0. The summed E-state index contributed by atoms with van der Waals surface area (Å²) in [6.07, 6.45) is 13.5. The van der Waals surface area contributed by atoms with E-state index in [-0.39, 0.29) is 27.1 Å². The minimum Gasteiger partial charge on any atom is -0.472 e. The van der Waals surface area contributed by atoms with Crippen LogP contribution in [0.4, 0.5) is 5.82 Å². The average molecular weight is 875 g/mol. The quantitative estimate of drug-likeness (QED) is 0.0845. The van der Waals surface area contributed by atoms with Crippen molar-refractivity contribution in [1.29, 1.82) is 5.53 Å². The molecule has 2 aromatic carbocycles. The molecule has 12 nitrogen and oxygen atoms in total. The Morgan fingerprint density at radius 1 is 0.727 bits per heavy atom. The van der Waals surface area contributed by atoms with Gasteiger partial charge >= 0.3 is 0 Å². The number of hydrogen-bond acceptors (Lipinski definition) is 8. The van der Waals surface area contributed by atoms with E-state index in [1.807, 2.05) is 29.7 Å². The number of fused-ring (bicyclic) bond motifs is 2. The zero-order valence-electron chi connectivity index (χ0n) is 35.3. The van der Waals surface area contributed by atoms with Crippen molar-refractivity contribution in [3.8, 4) is 160 Å². The molecular weight excluding hydrogens is 821 g/mol. The van der Waals surface area contributed by atoms with Gasteiger partial charge < -0.3 is 15.4 Å². The highest BCUT2D eigenvalue weighted by molar-refractivity contribution is 5.81. The number of pyridine rings is 1. The molecule has 1 atom stereocenters. The molecule has 2 aliphatic rings. The number of ether oxygens (including phenoxy) is 1. The third kappa shape index (κ3) is 16.6. The highest BCUT2D eigenvalue weighted by Gasteiger charge is 2.45. The summed E-state index contributed by atoms with van der Waals surface area (Å²) in [6.45, 7) is 3.99. The number of hydrogen-bond donors (Lipinski definition) is 2. The number of terminal acetylenes is 1. The van der Waals surface area contributed by atoms with Crippen LogP contribution in [0.2, 0.25) is 0 Å². The third-order valence-corrected chi connectivity index (χ3v) is 9.08. The van der Waals surface area contributed by atoms with E-state index in [1.165, 1.54) is 11.1 Å². The van der Waals surface area contributed by atoms with Crippen molar-refractivity contribution in [2.75, 3.05) is 18.0 Å². The molecular formula is C54H54N10O2. The Morgan fingerprint density at radius 2 is 1.29 bits per heavy atom. The Kier molecular flexibility index (Phi) is 21.1. The smallest absolute Gasteiger partial charge is 0.232 e. The molecule has 66 heavy (non-hydrogen) atoms. The predicted octanol–water partition coefficient (Wildman–Crippen LogP) is 8.90. The van der Waals surface area contributed by atoms with Gasteiger partial charge in [-0.05, 0) is 154 Å². The Balaban J connectivity index is -0.000000167. The average Bonchev–Trinajstić information content (AvgIpc) is 3.63. The van der Waals surface area contributed by atoms with E-state index in [2.05, 4.69) is 220 Å². The van der Waals surface area contributed by atoms with Gasteiger partial charge in [-0.1, -0.05) is 54.5 Å². The van der Waals surface area contributed by atoms with Crippen LogP contribution in [-0.2, 0) is 13.0 Å². The maximum atomic E-state index is 8.91. The number of nitrogens with one attached hydrogen (secondary N) is 1. The number of nitrogens with two attached hydrogens (primary N) is 1. The van der Waals surface area contributed by atoms with Crippen LogP contribution in [0.3, 0.4) is 0 Å². The summed E-state index contributed by atoms with van der Waals surface area (Å²) in [6, 6.07) is 18.9. The normalized spacial score (nSPS) is 11.9. The highest BCUT2D eigenvalue weighted by Crippen LogP contribution is 2.50. The maximum absolute atomic E-state index is 8.91. The summed E-state index contributed by atoms with van der Waals surface area (Å²) in [5.41, 5.74) is 17.5. The van der Waals surface area contributed by atoms with Gasteiger partial charge in [-0.2, -0.15) is 5.53 Å². The van der Waals surface area contributed by atoms with Crippen LogP contribution in [0.15, 0.2) is 94.1 Å². The van der Waals surface area contributed by atoms with Crippen LogP contribution >= 0.6 is 0 Å². The standard InChI is InChI=1S/C27H27N5O.C27H4.HN5O.11H2/c28-26-22-9-2-1-5-20(22)15-27(26)10-13-32(14-11-27)23-16-31-24(17-30-23)33-18-21-7-3-6-19-8-4-12-29-25(19)21;1-3-5-7-9-11-13-15-17-19-21-23-25-27-26-24-22-20-18-16-14-12-10-8-6-4-2;1-2-3-4-5-6;;;;;;;;;;;/h1-9,12,16-17,26H,10-11,13-15,18,28H2;1H,2H3;1H;11*1H/b;;2-1?,4-3+;;;;;;;;;;;/t26-;;;;;;;;;;;;;/m1............./s1. The number of nitrogens with zero attached hydrogens (tertiary/aromatic N) is 8. The van der Waals surface area contributed by atoms with Gasteiger partial charge in [-0.3, -0.25) is 4.98 Å². The number of aromatic nitrogens is 3. The lowest BCUT2D eigenvalue weighted by atomic mass is 9.73. The van der Waals surface area contributed by atoms with Crippen LogP contribution in [0, 0.1) is 170 Å². The number of para-hydroxylation sites is 1. The van der Waals surface area contributed by atoms with Crippen molar-refractivity contribution in [2.24, 2.45) is 32.1 Å². The third-order valence-electron chi connectivity index (χ3n) is 9.08. The van der Waals surface area contributed by atoms with Crippen LogP contribution < -0.4 is 15.4 Å². The molecule has 0 amide bonds. The van der Waals surface area contributed by atoms with Crippen LogP contribution in [-0.4, -0.2) is 28.0 Å². The fourth-order valence-corrected chi connectivity index (χ4v) is 6.26. The van der Waals surface area contributed by atoms with Gasteiger partial charge in [0.2, 0.25) is 5.88 Å². The van der Waals surface area contributed by atoms with Crippen molar-refractivity contribution in [2.45, 2.75) is 38.8 Å². The van der Waals surface area contributed by atoms with Crippen molar-refractivity contribution >= 4 is 16.7 Å². The summed E-state index contributed by atoms with van der Waals surface area (Å²) in [5.74, 6) is 63.3. The lowest BCUT2D eigenvalue weighted by molar-refractivity contribution is 0.187. The largest absolute Gasteiger partial charge is 0.472 e. The number of piperidine rings is 1. The second kappa shape index (κ2) is 28.9. The predicted molar refractivity (Wildman–Crippen MR) is 276 cm³/mol. The van der Waals surface area contributed by atoms with Gasteiger partial charge in [0.05, 0.1) is 17.9 Å². The second-order valence-electron chi connectivity index (χ2n) is 12.8. The molecule has 3 N–H and O–H groups in total. The molecule has 12 heteroatoms. The molecule has 0 unspecified atom stereocenters. The van der Waals surface area contributed by atoms with E-state index in [9.17, 15) is 0 Å². The Bertz CT molecular complexity index is 3340. The second-order valence-corrected chi connectivity index (χ2v) is 12.8. The van der Waals surface area contributed by atoms with E-state index in [1.54, 1.807) is 19.3 Å². The van der Waals surface area contributed by atoms with Gasteiger partial charge in [-0.15, -0.1) is 11.3 Å². The molecule has 0 bridgehead atoms. The van der Waals surface area contributed by atoms with E-state index >= 15 is 0 Å². The minimum atomic E-state index is 0. The summed E-state index contributed by atoms with van der Waals surface area (Å²) in [7, 11) is 0. The Morgan fingerprint density at radius 3 is 1.79 bits per heavy atom. The van der Waals surface area contributed by atoms with Gasteiger partial charge in [-0.25, -0.2) is 9.97 Å². The Hall–Kier alpha value is -10.4. The van der Waals surface area contributed by atoms with E-state index in [4.69, 9.17) is 27.3 Å². The molecule has 1 fully saturated rings. The summed E-state index contributed by atoms with van der Waals surface area (Å²) in [5, 5.41) is 10.3. The van der Waals surface area contributed by atoms with E-state index in [0.717, 1.165) is 54.6 Å². The zero-order chi connectivity index (χ0) is 46.8. The molecule has 1 aliphatic heterocycles. The molecule has 3 heterocycles.